The highest BCUT2D eigenvalue weighted by Crippen LogP contribution is 2.34. The van der Waals surface area contributed by atoms with Crippen LogP contribution in [0.3, 0.4) is 0 Å². The largest absolute Gasteiger partial charge is 0.494 e. The molecule has 144 valence electrons. The summed E-state index contributed by atoms with van der Waals surface area (Å²) >= 11 is 0. The summed E-state index contributed by atoms with van der Waals surface area (Å²) in [5, 5.41) is 3.82. The smallest absolute Gasteiger partial charge is 0.264 e. The van der Waals surface area contributed by atoms with Gasteiger partial charge in [0.1, 0.15) is 4.90 Å². The molecule has 8 nitrogen and oxygen atoms in total. The molecule has 2 N–H and O–H groups in total. The maximum Gasteiger partial charge on any atom is 0.264 e. The van der Waals surface area contributed by atoms with E-state index in [-0.39, 0.29) is 22.2 Å². The fraction of sp³-hybridized carbons (Fsp3) is 0.294. The molecule has 0 spiro atoms. The molecule has 2 aromatic heterocycles. The van der Waals surface area contributed by atoms with Crippen molar-refractivity contribution >= 4 is 15.7 Å². The number of nitrogens with one attached hydrogen (secondary N) is 2. The lowest BCUT2D eigenvalue weighted by Gasteiger charge is -2.10. The van der Waals surface area contributed by atoms with Crippen molar-refractivity contribution in [3.63, 3.8) is 0 Å². The predicted molar refractivity (Wildman–Crippen MR) is 96.7 cm³/mol. The van der Waals surface area contributed by atoms with Crippen LogP contribution >= 0.6 is 0 Å². The Bertz CT molecular complexity index is 1090. The van der Waals surface area contributed by atoms with E-state index in [2.05, 4.69) is 19.8 Å². The van der Waals surface area contributed by atoms with Crippen molar-refractivity contribution in [1.82, 2.24) is 15.1 Å². The second-order valence-electron chi connectivity index (χ2n) is 5.90. The van der Waals surface area contributed by atoms with E-state index in [9.17, 15) is 12.8 Å². The van der Waals surface area contributed by atoms with E-state index in [1.54, 1.807) is 13.8 Å². The molecule has 3 rings (SSSR count). The molecule has 2 heterocycles. The van der Waals surface area contributed by atoms with E-state index < -0.39 is 15.8 Å². The summed E-state index contributed by atoms with van der Waals surface area (Å²) in [6.07, 6.45) is 0.553. The van der Waals surface area contributed by atoms with Gasteiger partial charge >= 0.3 is 0 Å². The summed E-state index contributed by atoms with van der Waals surface area (Å²) in [6.45, 7) is 5.20. The zero-order valence-corrected chi connectivity index (χ0v) is 16.1. The van der Waals surface area contributed by atoms with Crippen LogP contribution in [0.25, 0.3) is 11.5 Å². The van der Waals surface area contributed by atoms with Gasteiger partial charge in [0, 0.05) is 23.9 Å². The molecule has 0 radical (unpaired) electrons. The van der Waals surface area contributed by atoms with Crippen LogP contribution in [0.1, 0.15) is 24.1 Å². The molecule has 1 aromatic carbocycles. The molecule has 0 aliphatic carbocycles. The highest BCUT2D eigenvalue weighted by Gasteiger charge is 2.29. The summed E-state index contributed by atoms with van der Waals surface area (Å²) in [7, 11) is -2.72. The van der Waals surface area contributed by atoms with Crippen molar-refractivity contribution < 1.29 is 22.1 Å². The number of rotatable bonds is 6. The summed E-state index contributed by atoms with van der Waals surface area (Å²) < 4.78 is 52.3. The van der Waals surface area contributed by atoms with Gasteiger partial charge in [0.25, 0.3) is 15.9 Å². The number of nitrogens with zero attached hydrogens (tertiary/aromatic N) is 2. The SMILES string of the molecule is CCc1noc(-c2c(C)[nH]c(C)c2S(=O)(=O)Nc2ccc(OC)c(F)c2)n1. The Morgan fingerprint density at radius 3 is 2.63 bits per heavy atom. The van der Waals surface area contributed by atoms with Crippen LogP contribution in [-0.4, -0.2) is 30.7 Å². The van der Waals surface area contributed by atoms with Gasteiger partial charge in [-0.1, -0.05) is 12.1 Å². The number of benzene rings is 1. The van der Waals surface area contributed by atoms with Gasteiger partial charge in [0.2, 0.25) is 0 Å². The van der Waals surface area contributed by atoms with E-state index in [0.29, 0.717) is 29.2 Å². The Morgan fingerprint density at radius 1 is 1.30 bits per heavy atom. The summed E-state index contributed by atoms with van der Waals surface area (Å²) in [6, 6.07) is 3.80. The highest BCUT2D eigenvalue weighted by atomic mass is 32.2. The van der Waals surface area contributed by atoms with E-state index in [0.717, 1.165) is 6.07 Å². The maximum absolute atomic E-state index is 13.9. The lowest BCUT2D eigenvalue weighted by molar-refractivity contribution is 0.386. The van der Waals surface area contributed by atoms with Gasteiger partial charge in [0.05, 0.1) is 18.4 Å². The van der Waals surface area contributed by atoms with E-state index in [4.69, 9.17) is 9.26 Å². The molecule has 0 unspecified atom stereocenters. The van der Waals surface area contributed by atoms with Gasteiger partial charge in [-0.25, -0.2) is 12.8 Å². The summed E-state index contributed by atoms with van der Waals surface area (Å²) in [5.74, 6) is -0.0820. The normalized spacial score (nSPS) is 11.6. The van der Waals surface area contributed by atoms with Crippen LogP contribution in [0.5, 0.6) is 5.75 Å². The average molecular weight is 394 g/mol. The number of methoxy groups -OCH3 is 1. The van der Waals surface area contributed by atoms with Gasteiger partial charge < -0.3 is 14.2 Å². The standard InChI is InChI=1S/C17H19FN4O4S/c1-5-14-20-17(26-21-14)15-9(2)19-10(3)16(15)27(23,24)22-11-6-7-13(25-4)12(18)8-11/h6-8,19,22H,5H2,1-4H3. The summed E-state index contributed by atoms with van der Waals surface area (Å²) in [4.78, 5) is 7.18. The first-order chi connectivity index (χ1) is 12.8. The number of aromatic amines is 1. The lowest BCUT2D eigenvalue weighted by Crippen LogP contribution is -2.14. The van der Waals surface area contributed by atoms with Crippen LogP contribution < -0.4 is 9.46 Å². The van der Waals surface area contributed by atoms with Crippen molar-refractivity contribution in [2.45, 2.75) is 32.1 Å². The number of hydrogen-bond acceptors (Lipinski definition) is 6. The van der Waals surface area contributed by atoms with Gasteiger partial charge in [0.15, 0.2) is 17.4 Å². The molecule has 10 heteroatoms. The number of hydrogen-bond donors (Lipinski definition) is 2. The van der Waals surface area contributed by atoms with Crippen molar-refractivity contribution in [1.29, 1.82) is 0 Å². The minimum absolute atomic E-state index is 0.0188. The molecule has 0 atom stereocenters. The highest BCUT2D eigenvalue weighted by molar-refractivity contribution is 7.93. The third kappa shape index (κ3) is 3.52. The topological polar surface area (TPSA) is 110 Å². The first kappa shape index (κ1) is 18.9. The molecule has 0 bridgehead atoms. The molecular weight excluding hydrogens is 375 g/mol. The number of aromatic nitrogens is 3. The van der Waals surface area contributed by atoms with Gasteiger partial charge in [-0.05, 0) is 26.0 Å². The molecule has 0 saturated carbocycles. The van der Waals surface area contributed by atoms with Crippen LogP contribution in [0.15, 0.2) is 27.6 Å². The molecular formula is C17H19FN4O4S. The molecule has 0 aliphatic rings. The van der Waals surface area contributed by atoms with Crippen LogP contribution in [-0.2, 0) is 16.4 Å². The average Bonchev–Trinajstić information content (AvgIpc) is 3.18. The van der Waals surface area contributed by atoms with Crippen LogP contribution in [0, 0.1) is 19.7 Å². The van der Waals surface area contributed by atoms with Crippen molar-refractivity contribution in [2.24, 2.45) is 0 Å². The van der Waals surface area contributed by atoms with Crippen molar-refractivity contribution in [3.05, 3.63) is 41.2 Å². The maximum atomic E-state index is 13.9. The number of halogens is 1. The monoisotopic (exact) mass is 394 g/mol. The second-order valence-corrected chi connectivity index (χ2v) is 7.52. The Hall–Kier alpha value is -2.88. The minimum atomic E-state index is -4.05. The Balaban J connectivity index is 2.05. The number of anilines is 1. The lowest BCUT2D eigenvalue weighted by atomic mass is 10.2. The van der Waals surface area contributed by atoms with Crippen LogP contribution in [0.4, 0.5) is 10.1 Å². The Labute approximate surface area is 155 Å². The quantitative estimate of drug-likeness (QED) is 0.664. The molecule has 3 aromatic rings. The van der Waals surface area contributed by atoms with Crippen molar-refractivity contribution in [2.75, 3.05) is 11.8 Å². The fourth-order valence-electron chi connectivity index (χ4n) is 2.79. The third-order valence-corrected chi connectivity index (χ3v) is 5.54. The molecule has 0 amide bonds. The zero-order chi connectivity index (χ0) is 19.8. The number of ether oxygens (including phenoxy) is 1. The second kappa shape index (κ2) is 7.03. The van der Waals surface area contributed by atoms with Crippen molar-refractivity contribution in [3.8, 4) is 17.2 Å². The van der Waals surface area contributed by atoms with Gasteiger partial charge in [-0.3, -0.25) is 4.72 Å². The van der Waals surface area contributed by atoms with Gasteiger partial charge in [-0.15, -0.1) is 0 Å². The third-order valence-electron chi connectivity index (χ3n) is 3.99. The molecule has 0 fully saturated rings. The fourth-order valence-corrected chi connectivity index (χ4v) is 4.29. The van der Waals surface area contributed by atoms with E-state index in [1.165, 1.54) is 19.2 Å². The number of sulfonamides is 1. The number of H-pyrrole nitrogens is 1. The van der Waals surface area contributed by atoms with E-state index in [1.807, 2.05) is 6.92 Å². The minimum Gasteiger partial charge on any atom is -0.494 e. The zero-order valence-electron chi connectivity index (χ0n) is 15.3. The number of aryl methyl sites for hydroxylation is 3. The van der Waals surface area contributed by atoms with E-state index >= 15 is 0 Å². The predicted octanol–water partition coefficient (Wildman–Crippen LogP) is 3.19. The van der Waals surface area contributed by atoms with Gasteiger partial charge in [-0.2, -0.15) is 4.98 Å². The van der Waals surface area contributed by atoms with Crippen LogP contribution in [0.2, 0.25) is 0 Å². The first-order valence-corrected chi connectivity index (χ1v) is 9.63. The molecule has 0 aliphatic heterocycles. The summed E-state index contributed by atoms with van der Waals surface area (Å²) in [5.41, 5.74) is 1.33. The molecule has 27 heavy (non-hydrogen) atoms. The Kier molecular flexibility index (Phi) is 4.92. The molecule has 0 saturated heterocycles. The Morgan fingerprint density at radius 2 is 2.04 bits per heavy atom. The first-order valence-electron chi connectivity index (χ1n) is 8.15.